The van der Waals surface area contributed by atoms with Crippen molar-refractivity contribution < 1.29 is 19.0 Å². The van der Waals surface area contributed by atoms with Crippen LogP contribution in [0.1, 0.15) is 37.6 Å². The maximum Gasteiger partial charge on any atom is 0.415 e. The molecule has 0 aliphatic carbocycles. The monoisotopic (exact) mass is 473 g/mol. The van der Waals surface area contributed by atoms with Crippen LogP contribution in [0.3, 0.4) is 0 Å². The minimum Gasteiger partial charge on any atom is -0.496 e. The van der Waals surface area contributed by atoms with E-state index in [1.807, 2.05) is 46.9 Å². The third-order valence-electron chi connectivity index (χ3n) is 5.47. The molecule has 3 rings (SSSR count). The van der Waals surface area contributed by atoms with Gasteiger partial charge in [-0.15, -0.1) is 11.8 Å². The van der Waals surface area contributed by atoms with E-state index in [9.17, 15) is 4.79 Å². The quantitative estimate of drug-likeness (QED) is 0.534. The van der Waals surface area contributed by atoms with Crippen LogP contribution in [0, 0.1) is 13.8 Å². The summed E-state index contributed by atoms with van der Waals surface area (Å²) >= 11 is 1.65. The van der Waals surface area contributed by atoms with Gasteiger partial charge < -0.3 is 19.1 Å². The SMILES string of the molecule is COc1c(C)cnc(CN(C(=O)OC(C)(C)C)c2cc(SC)cc(N3CCOCC3)c2)c1C. The van der Waals surface area contributed by atoms with Gasteiger partial charge in [0.2, 0.25) is 0 Å². The minimum atomic E-state index is -0.618. The molecule has 33 heavy (non-hydrogen) atoms. The maximum atomic E-state index is 13.4. The van der Waals surface area contributed by atoms with Gasteiger partial charge >= 0.3 is 6.09 Å². The molecule has 0 bridgehead atoms. The molecule has 0 radical (unpaired) electrons. The molecule has 1 saturated heterocycles. The van der Waals surface area contributed by atoms with Gasteiger partial charge in [0, 0.05) is 41.0 Å². The normalized spacial score (nSPS) is 14.2. The summed E-state index contributed by atoms with van der Waals surface area (Å²) < 4.78 is 16.9. The molecular weight excluding hydrogens is 438 g/mol. The van der Waals surface area contributed by atoms with Crippen LogP contribution in [0.15, 0.2) is 29.3 Å². The maximum absolute atomic E-state index is 13.4. The summed E-state index contributed by atoms with van der Waals surface area (Å²) in [5.74, 6) is 0.788. The van der Waals surface area contributed by atoms with Crippen molar-refractivity contribution >= 4 is 29.2 Å². The number of rotatable bonds is 6. The van der Waals surface area contributed by atoms with Gasteiger partial charge in [0.25, 0.3) is 0 Å². The van der Waals surface area contributed by atoms with Crippen LogP contribution in [0.4, 0.5) is 16.2 Å². The number of hydrogen-bond donors (Lipinski definition) is 0. The summed E-state index contributed by atoms with van der Waals surface area (Å²) in [5.41, 5.74) is 3.87. The van der Waals surface area contributed by atoms with Crippen molar-refractivity contribution in [3.8, 4) is 5.75 Å². The zero-order valence-electron chi connectivity index (χ0n) is 20.7. The molecule has 1 aliphatic rings. The molecule has 2 heterocycles. The Bertz CT molecular complexity index is 984. The lowest BCUT2D eigenvalue weighted by atomic mass is 10.1. The first-order chi connectivity index (χ1) is 15.6. The molecule has 1 aromatic carbocycles. The fraction of sp³-hybridized carbons (Fsp3) is 0.520. The van der Waals surface area contributed by atoms with E-state index in [2.05, 4.69) is 22.0 Å². The van der Waals surface area contributed by atoms with Crippen molar-refractivity contribution in [2.75, 3.05) is 49.5 Å². The van der Waals surface area contributed by atoms with Crippen LogP contribution in [-0.2, 0) is 16.0 Å². The number of aryl methyl sites for hydroxylation is 1. The van der Waals surface area contributed by atoms with E-state index < -0.39 is 11.7 Å². The zero-order chi connectivity index (χ0) is 24.2. The molecule has 0 atom stereocenters. The van der Waals surface area contributed by atoms with Gasteiger partial charge in [0.15, 0.2) is 0 Å². The number of nitrogens with zero attached hydrogens (tertiary/aromatic N) is 3. The van der Waals surface area contributed by atoms with Crippen molar-refractivity contribution in [3.63, 3.8) is 0 Å². The van der Waals surface area contributed by atoms with E-state index in [4.69, 9.17) is 14.2 Å². The molecule has 7 nitrogen and oxygen atoms in total. The molecule has 2 aromatic rings. The Morgan fingerprint density at radius 1 is 1.21 bits per heavy atom. The van der Waals surface area contributed by atoms with Gasteiger partial charge in [-0.3, -0.25) is 9.88 Å². The molecule has 0 spiro atoms. The van der Waals surface area contributed by atoms with E-state index in [0.29, 0.717) is 13.2 Å². The van der Waals surface area contributed by atoms with Crippen LogP contribution in [0.25, 0.3) is 0 Å². The Labute approximate surface area is 201 Å². The van der Waals surface area contributed by atoms with Gasteiger partial charge in [0.1, 0.15) is 11.4 Å². The summed E-state index contributed by atoms with van der Waals surface area (Å²) in [5, 5.41) is 0. The number of hydrogen-bond acceptors (Lipinski definition) is 7. The standard InChI is InChI=1S/C25H35N3O4S/c1-17-15-26-22(18(2)23(17)30-6)16-28(24(29)32-25(3,4)5)20-12-19(13-21(14-20)33-7)27-8-10-31-11-9-27/h12-15H,8-11,16H2,1-7H3. The summed E-state index contributed by atoms with van der Waals surface area (Å²) in [4.78, 5) is 23.0. The fourth-order valence-electron chi connectivity index (χ4n) is 3.80. The van der Waals surface area contributed by atoms with Crippen molar-refractivity contribution in [2.45, 2.75) is 51.7 Å². The summed E-state index contributed by atoms with van der Waals surface area (Å²) in [6.45, 7) is 12.9. The minimum absolute atomic E-state index is 0.276. The van der Waals surface area contributed by atoms with Crippen molar-refractivity contribution in [2.24, 2.45) is 0 Å². The Hall–Kier alpha value is -2.45. The van der Waals surface area contributed by atoms with Crippen molar-refractivity contribution in [3.05, 3.63) is 41.2 Å². The molecule has 0 N–H and O–H groups in total. The van der Waals surface area contributed by atoms with Crippen LogP contribution < -0.4 is 14.5 Å². The highest BCUT2D eigenvalue weighted by Gasteiger charge is 2.26. The van der Waals surface area contributed by atoms with E-state index in [1.54, 1.807) is 30.0 Å². The van der Waals surface area contributed by atoms with Crippen LogP contribution in [0.2, 0.25) is 0 Å². The first-order valence-electron chi connectivity index (χ1n) is 11.1. The fourth-order valence-corrected chi connectivity index (χ4v) is 4.28. The second-order valence-corrected chi connectivity index (χ2v) is 9.98. The molecule has 0 unspecified atom stereocenters. The highest BCUT2D eigenvalue weighted by molar-refractivity contribution is 7.98. The Kier molecular flexibility index (Phi) is 8.13. The smallest absolute Gasteiger partial charge is 0.415 e. The summed E-state index contributed by atoms with van der Waals surface area (Å²) in [6.07, 6.45) is 3.41. The molecule has 1 fully saturated rings. The summed E-state index contributed by atoms with van der Waals surface area (Å²) in [7, 11) is 1.65. The highest BCUT2D eigenvalue weighted by atomic mass is 32.2. The Morgan fingerprint density at radius 2 is 1.91 bits per heavy atom. The van der Waals surface area contributed by atoms with Gasteiger partial charge in [-0.25, -0.2) is 4.79 Å². The highest BCUT2D eigenvalue weighted by Crippen LogP contribution is 2.33. The van der Waals surface area contributed by atoms with E-state index >= 15 is 0 Å². The number of methoxy groups -OCH3 is 1. The molecule has 1 amide bonds. The number of morpholine rings is 1. The Morgan fingerprint density at radius 3 is 2.52 bits per heavy atom. The molecule has 180 valence electrons. The van der Waals surface area contributed by atoms with Crippen molar-refractivity contribution in [1.82, 2.24) is 4.98 Å². The van der Waals surface area contributed by atoms with Gasteiger partial charge in [-0.1, -0.05) is 0 Å². The molecule has 1 aliphatic heterocycles. The lowest BCUT2D eigenvalue weighted by Gasteiger charge is -2.32. The Balaban J connectivity index is 2.05. The second-order valence-electron chi connectivity index (χ2n) is 9.10. The van der Waals surface area contributed by atoms with E-state index in [1.165, 1.54) is 0 Å². The first-order valence-corrected chi connectivity index (χ1v) is 12.4. The molecule has 8 heteroatoms. The van der Waals surface area contributed by atoms with Gasteiger partial charge in [-0.05, 0) is 59.1 Å². The predicted molar refractivity (Wildman–Crippen MR) is 134 cm³/mol. The predicted octanol–water partition coefficient (Wildman–Crippen LogP) is 5.21. The molecule has 1 aromatic heterocycles. The average Bonchev–Trinajstić information content (AvgIpc) is 2.78. The van der Waals surface area contributed by atoms with Crippen LogP contribution >= 0.6 is 11.8 Å². The van der Waals surface area contributed by atoms with E-state index in [0.717, 1.165) is 51.9 Å². The zero-order valence-corrected chi connectivity index (χ0v) is 21.5. The van der Waals surface area contributed by atoms with Crippen LogP contribution in [0.5, 0.6) is 5.75 Å². The lowest BCUT2D eigenvalue weighted by molar-refractivity contribution is 0.0577. The van der Waals surface area contributed by atoms with Crippen LogP contribution in [-0.4, -0.2) is 56.3 Å². The van der Waals surface area contributed by atoms with Gasteiger partial charge in [-0.2, -0.15) is 0 Å². The number of benzene rings is 1. The molecular formula is C25H35N3O4S. The number of carbonyl (C=O) groups is 1. The first kappa shape index (κ1) is 25.2. The average molecular weight is 474 g/mol. The van der Waals surface area contributed by atoms with Crippen molar-refractivity contribution in [1.29, 1.82) is 0 Å². The summed E-state index contributed by atoms with van der Waals surface area (Å²) in [6, 6.07) is 6.24. The largest absolute Gasteiger partial charge is 0.496 e. The topological polar surface area (TPSA) is 64.1 Å². The molecule has 0 saturated carbocycles. The number of pyridine rings is 1. The second kappa shape index (κ2) is 10.7. The van der Waals surface area contributed by atoms with E-state index in [-0.39, 0.29) is 6.54 Å². The lowest BCUT2D eigenvalue weighted by Crippen LogP contribution is -2.38. The number of aromatic nitrogens is 1. The number of amides is 1. The number of thioether (sulfide) groups is 1. The third-order valence-corrected chi connectivity index (χ3v) is 6.18. The van der Waals surface area contributed by atoms with Gasteiger partial charge in [0.05, 0.1) is 38.2 Å². The third kappa shape index (κ3) is 6.32. The number of anilines is 2. The number of carbonyl (C=O) groups excluding carboxylic acids is 1. The number of ether oxygens (including phenoxy) is 3.